The number of aliphatic hydroxyl groups excluding tert-OH is 1. The second-order valence-corrected chi connectivity index (χ2v) is 7.50. The number of methoxy groups -OCH3 is 1. The van der Waals surface area contributed by atoms with Gasteiger partial charge in [-0.3, -0.25) is 4.90 Å². The van der Waals surface area contributed by atoms with Gasteiger partial charge in [0.15, 0.2) is 0 Å². The SMILES string of the molecule is COc1cc(C)c(CN2CCC(n3cc(CC(C)O)nn3)CC2)cc1C. The van der Waals surface area contributed by atoms with Gasteiger partial charge in [0.25, 0.3) is 0 Å². The second kappa shape index (κ2) is 8.18. The fraction of sp³-hybridized carbons (Fsp3) is 0.600. The molecule has 142 valence electrons. The van der Waals surface area contributed by atoms with Crippen molar-refractivity contribution < 1.29 is 9.84 Å². The monoisotopic (exact) mass is 358 g/mol. The molecule has 1 fully saturated rings. The number of ether oxygens (including phenoxy) is 1. The first kappa shape index (κ1) is 18.9. The van der Waals surface area contributed by atoms with Crippen LogP contribution in [0.15, 0.2) is 18.3 Å². The van der Waals surface area contributed by atoms with Crippen LogP contribution in [0, 0.1) is 13.8 Å². The van der Waals surface area contributed by atoms with E-state index in [0.29, 0.717) is 12.5 Å². The Balaban J connectivity index is 1.57. The highest BCUT2D eigenvalue weighted by Crippen LogP contribution is 2.26. The zero-order chi connectivity index (χ0) is 18.7. The third-order valence-electron chi connectivity index (χ3n) is 5.24. The number of aromatic nitrogens is 3. The Hall–Kier alpha value is -1.92. The topological polar surface area (TPSA) is 63.4 Å². The van der Waals surface area contributed by atoms with Crippen LogP contribution in [0.1, 0.15) is 48.2 Å². The van der Waals surface area contributed by atoms with Gasteiger partial charge >= 0.3 is 0 Å². The van der Waals surface area contributed by atoms with Crippen LogP contribution in [0.5, 0.6) is 5.75 Å². The standard InChI is InChI=1S/C20H30N4O2/c1-14-10-20(26-4)15(2)9-17(14)12-23-7-5-19(6-8-23)24-13-18(21-22-24)11-16(3)25/h9-10,13,16,19,25H,5-8,11-12H2,1-4H3. The Morgan fingerprint density at radius 1 is 1.23 bits per heavy atom. The highest BCUT2D eigenvalue weighted by atomic mass is 16.5. The van der Waals surface area contributed by atoms with Crippen LogP contribution in [-0.2, 0) is 13.0 Å². The van der Waals surface area contributed by atoms with Gasteiger partial charge in [-0.15, -0.1) is 5.10 Å². The van der Waals surface area contributed by atoms with Crippen molar-refractivity contribution in [3.05, 3.63) is 40.7 Å². The summed E-state index contributed by atoms with van der Waals surface area (Å²) in [7, 11) is 1.73. The lowest BCUT2D eigenvalue weighted by Gasteiger charge is -2.32. The summed E-state index contributed by atoms with van der Waals surface area (Å²) in [6, 6.07) is 4.79. The van der Waals surface area contributed by atoms with E-state index in [-0.39, 0.29) is 6.10 Å². The van der Waals surface area contributed by atoms with Gasteiger partial charge in [-0.25, -0.2) is 4.68 Å². The van der Waals surface area contributed by atoms with Crippen molar-refractivity contribution in [1.29, 1.82) is 0 Å². The summed E-state index contributed by atoms with van der Waals surface area (Å²) >= 11 is 0. The van der Waals surface area contributed by atoms with Crippen molar-refractivity contribution in [3.8, 4) is 5.75 Å². The van der Waals surface area contributed by atoms with E-state index in [1.165, 1.54) is 16.7 Å². The van der Waals surface area contributed by atoms with Crippen molar-refractivity contribution >= 4 is 0 Å². The molecule has 1 aliphatic heterocycles. The van der Waals surface area contributed by atoms with Crippen LogP contribution < -0.4 is 4.74 Å². The summed E-state index contributed by atoms with van der Waals surface area (Å²) in [5.41, 5.74) is 4.72. The maximum Gasteiger partial charge on any atom is 0.122 e. The Kier molecular flexibility index (Phi) is 5.94. The summed E-state index contributed by atoms with van der Waals surface area (Å²) in [6.07, 6.45) is 4.33. The average Bonchev–Trinajstić information content (AvgIpc) is 3.06. The molecule has 3 rings (SSSR count). The molecule has 1 atom stereocenters. The molecule has 6 nitrogen and oxygen atoms in total. The molecule has 0 amide bonds. The molecule has 0 aliphatic carbocycles. The van der Waals surface area contributed by atoms with Gasteiger partial charge in [0.05, 0.1) is 24.9 Å². The molecule has 2 aromatic rings. The smallest absolute Gasteiger partial charge is 0.122 e. The Morgan fingerprint density at radius 2 is 1.96 bits per heavy atom. The number of piperidine rings is 1. The van der Waals surface area contributed by atoms with E-state index in [2.05, 4.69) is 41.2 Å². The molecule has 1 aliphatic rings. The molecular weight excluding hydrogens is 328 g/mol. The molecule has 1 N–H and O–H groups in total. The lowest BCUT2D eigenvalue weighted by atomic mass is 10.0. The predicted molar refractivity (Wildman–Crippen MR) is 101 cm³/mol. The molecular formula is C20H30N4O2. The zero-order valence-electron chi connectivity index (χ0n) is 16.3. The molecule has 6 heteroatoms. The number of aryl methyl sites for hydroxylation is 2. The zero-order valence-corrected chi connectivity index (χ0v) is 16.3. The molecule has 0 radical (unpaired) electrons. The highest BCUT2D eigenvalue weighted by Gasteiger charge is 2.22. The van der Waals surface area contributed by atoms with E-state index < -0.39 is 0 Å². The van der Waals surface area contributed by atoms with Crippen LogP contribution in [0.2, 0.25) is 0 Å². The van der Waals surface area contributed by atoms with E-state index in [4.69, 9.17) is 4.74 Å². The van der Waals surface area contributed by atoms with E-state index in [1.54, 1.807) is 14.0 Å². The van der Waals surface area contributed by atoms with Crippen LogP contribution >= 0.6 is 0 Å². The predicted octanol–water partition coefficient (Wildman–Crippen LogP) is 2.66. The van der Waals surface area contributed by atoms with Gasteiger partial charge < -0.3 is 9.84 Å². The molecule has 2 heterocycles. The molecule has 1 saturated heterocycles. The minimum atomic E-state index is -0.377. The maximum atomic E-state index is 9.48. The molecule has 0 spiro atoms. The van der Waals surface area contributed by atoms with Crippen molar-refractivity contribution in [1.82, 2.24) is 19.9 Å². The van der Waals surface area contributed by atoms with Gasteiger partial charge in [0.2, 0.25) is 0 Å². The average molecular weight is 358 g/mol. The Labute approximate surface area is 155 Å². The second-order valence-electron chi connectivity index (χ2n) is 7.50. The first-order valence-corrected chi connectivity index (χ1v) is 9.41. The number of likely N-dealkylation sites (tertiary alicyclic amines) is 1. The third-order valence-corrected chi connectivity index (χ3v) is 5.24. The van der Waals surface area contributed by atoms with E-state index in [1.807, 2.05) is 10.9 Å². The van der Waals surface area contributed by atoms with Gasteiger partial charge in [-0.2, -0.15) is 0 Å². The molecule has 26 heavy (non-hydrogen) atoms. The van der Waals surface area contributed by atoms with Crippen molar-refractivity contribution in [2.75, 3.05) is 20.2 Å². The molecule has 1 unspecified atom stereocenters. The number of hydrogen-bond donors (Lipinski definition) is 1. The normalized spacial score (nSPS) is 17.4. The summed E-state index contributed by atoms with van der Waals surface area (Å²) < 4.78 is 7.40. The van der Waals surface area contributed by atoms with E-state index in [9.17, 15) is 5.11 Å². The molecule has 0 bridgehead atoms. The maximum absolute atomic E-state index is 9.48. The van der Waals surface area contributed by atoms with Gasteiger partial charge in [-0.05, 0) is 56.4 Å². The van der Waals surface area contributed by atoms with Gasteiger partial charge in [-0.1, -0.05) is 11.3 Å². The lowest BCUT2D eigenvalue weighted by Crippen LogP contribution is -2.34. The van der Waals surface area contributed by atoms with Gasteiger partial charge in [0.1, 0.15) is 5.75 Å². The fourth-order valence-electron chi connectivity index (χ4n) is 3.71. The molecule has 1 aromatic carbocycles. The summed E-state index contributed by atoms with van der Waals surface area (Å²) in [5.74, 6) is 0.962. The van der Waals surface area contributed by atoms with E-state index >= 15 is 0 Å². The number of nitrogens with zero attached hydrogens (tertiary/aromatic N) is 4. The van der Waals surface area contributed by atoms with Crippen molar-refractivity contribution in [2.24, 2.45) is 0 Å². The summed E-state index contributed by atoms with van der Waals surface area (Å²) in [6.45, 7) is 9.13. The molecule has 1 aromatic heterocycles. The number of benzene rings is 1. The number of rotatable bonds is 6. The number of aliphatic hydroxyl groups is 1. The molecule has 0 saturated carbocycles. The minimum Gasteiger partial charge on any atom is -0.496 e. The van der Waals surface area contributed by atoms with Crippen LogP contribution in [0.3, 0.4) is 0 Å². The summed E-state index contributed by atoms with van der Waals surface area (Å²) in [4.78, 5) is 2.51. The Morgan fingerprint density at radius 3 is 2.62 bits per heavy atom. The third kappa shape index (κ3) is 4.43. The van der Waals surface area contributed by atoms with E-state index in [0.717, 1.165) is 43.9 Å². The van der Waals surface area contributed by atoms with Crippen LogP contribution in [0.25, 0.3) is 0 Å². The first-order chi connectivity index (χ1) is 12.5. The largest absolute Gasteiger partial charge is 0.496 e. The Bertz CT molecular complexity index is 733. The van der Waals surface area contributed by atoms with Crippen molar-refractivity contribution in [3.63, 3.8) is 0 Å². The van der Waals surface area contributed by atoms with Gasteiger partial charge in [0, 0.05) is 32.3 Å². The lowest BCUT2D eigenvalue weighted by molar-refractivity contribution is 0.172. The van der Waals surface area contributed by atoms with Crippen LogP contribution in [-0.4, -0.2) is 51.3 Å². The summed E-state index contributed by atoms with van der Waals surface area (Å²) in [5, 5.41) is 17.9. The van der Waals surface area contributed by atoms with Crippen LogP contribution in [0.4, 0.5) is 0 Å². The highest BCUT2D eigenvalue weighted by molar-refractivity contribution is 5.41. The quantitative estimate of drug-likeness (QED) is 0.860. The minimum absolute atomic E-state index is 0.377. The van der Waals surface area contributed by atoms with Crippen molar-refractivity contribution in [2.45, 2.75) is 58.7 Å². The fourth-order valence-corrected chi connectivity index (χ4v) is 3.71. The number of hydrogen-bond acceptors (Lipinski definition) is 5. The first-order valence-electron chi connectivity index (χ1n) is 9.41.